The van der Waals surface area contributed by atoms with Crippen LogP contribution in [0.2, 0.25) is 0 Å². The molecule has 1 saturated carbocycles. The molecule has 2 aliphatic rings. The highest BCUT2D eigenvalue weighted by Crippen LogP contribution is 2.26. The van der Waals surface area contributed by atoms with E-state index in [2.05, 4.69) is 30.9 Å². The molecule has 1 aliphatic heterocycles. The van der Waals surface area contributed by atoms with Crippen molar-refractivity contribution in [2.75, 3.05) is 23.8 Å². The van der Waals surface area contributed by atoms with Crippen LogP contribution in [0.5, 0.6) is 0 Å². The first-order valence-electron chi connectivity index (χ1n) is 8.51. The molecule has 3 heterocycles. The number of ether oxygens (including phenoxy) is 1. The standard InChI is InChI=1S/C15H22N6O2/c1-2-6-10(5-1)17-13-12(16-9-11-7-3-4-8-22-11)18-14-15(19-13)21-23-20-14/h10-11H,1-9H2,(H,16,18,20)(H,17,19,21). The van der Waals surface area contributed by atoms with Crippen LogP contribution in [0, 0.1) is 0 Å². The third-order valence-electron chi connectivity index (χ3n) is 4.58. The molecule has 1 saturated heterocycles. The van der Waals surface area contributed by atoms with Crippen molar-refractivity contribution in [2.24, 2.45) is 0 Å². The number of hydrogen-bond acceptors (Lipinski definition) is 8. The molecular formula is C15H22N6O2. The number of fused-ring (bicyclic) bond motifs is 1. The predicted octanol–water partition coefficient (Wildman–Crippen LogP) is 2.35. The van der Waals surface area contributed by atoms with Crippen LogP contribution in [-0.2, 0) is 4.74 Å². The second-order valence-corrected chi connectivity index (χ2v) is 6.33. The summed E-state index contributed by atoms with van der Waals surface area (Å²) in [6, 6.07) is 0.452. The van der Waals surface area contributed by atoms with Crippen molar-refractivity contribution >= 4 is 22.9 Å². The van der Waals surface area contributed by atoms with Crippen molar-refractivity contribution in [3.05, 3.63) is 0 Å². The van der Waals surface area contributed by atoms with Crippen molar-refractivity contribution in [3.8, 4) is 0 Å². The fourth-order valence-corrected chi connectivity index (χ4v) is 3.30. The zero-order chi connectivity index (χ0) is 15.5. The Morgan fingerprint density at radius 3 is 2.39 bits per heavy atom. The maximum atomic E-state index is 5.77. The SMILES string of the molecule is C1CCC(CNc2nc3nonc3nc2NC2CCCC2)OC1. The largest absolute Gasteiger partial charge is 0.376 e. The minimum Gasteiger partial charge on any atom is -0.376 e. The lowest BCUT2D eigenvalue weighted by atomic mass is 10.1. The van der Waals surface area contributed by atoms with E-state index in [1.165, 1.54) is 32.1 Å². The molecule has 8 heteroatoms. The number of hydrogen-bond donors (Lipinski definition) is 2. The van der Waals surface area contributed by atoms with Crippen LogP contribution in [0.25, 0.3) is 11.3 Å². The molecule has 8 nitrogen and oxygen atoms in total. The number of rotatable bonds is 5. The van der Waals surface area contributed by atoms with E-state index < -0.39 is 0 Å². The molecule has 2 aromatic rings. The van der Waals surface area contributed by atoms with Crippen LogP contribution >= 0.6 is 0 Å². The minimum absolute atomic E-state index is 0.232. The van der Waals surface area contributed by atoms with Gasteiger partial charge in [-0.05, 0) is 42.4 Å². The molecule has 0 bridgehead atoms. The number of nitrogens with zero attached hydrogens (tertiary/aromatic N) is 4. The number of anilines is 2. The highest BCUT2D eigenvalue weighted by molar-refractivity contribution is 5.73. The molecule has 1 unspecified atom stereocenters. The van der Waals surface area contributed by atoms with Gasteiger partial charge in [-0.3, -0.25) is 0 Å². The Balaban J connectivity index is 1.52. The average Bonchev–Trinajstić information content (AvgIpc) is 3.25. The zero-order valence-electron chi connectivity index (χ0n) is 13.1. The molecule has 1 aliphatic carbocycles. The van der Waals surface area contributed by atoms with Gasteiger partial charge in [-0.2, -0.15) is 0 Å². The highest BCUT2D eigenvalue weighted by Gasteiger charge is 2.20. The quantitative estimate of drug-likeness (QED) is 0.867. The Labute approximate surface area is 134 Å². The minimum atomic E-state index is 0.232. The number of nitrogens with one attached hydrogen (secondary N) is 2. The van der Waals surface area contributed by atoms with Gasteiger partial charge in [0.2, 0.25) is 11.3 Å². The summed E-state index contributed by atoms with van der Waals surface area (Å²) in [6.07, 6.45) is 8.55. The summed E-state index contributed by atoms with van der Waals surface area (Å²) in [5.41, 5.74) is 0.860. The smallest absolute Gasteiger partial charge is 0.245 e. The molecule has 1 atom stereocenters. The molecule has 23 heavy (non-hydrogen) atoms. The van der Waals surface area contributed by atoms with Gasteiger partial charge in [-0.25, -0.2) is 14.6 Å². The lowest BCUT2D eigenvalue weighted by Gasteiger charge is -2.23. The second-order valence-electron chi connectivity index (χ2n) is 6.33. The van der Waals surface area contributed by atoms with Gasteiger partial charge in [0.15, 0.2) is 11.6 Å². The van der Waals surface area contributed by atoms with Gasteiger partial charge in [0.25, 0.3) is 0 Å². The monoisotopic (exact) mass is 318 g/mol. The Hall–Kier alpha value is -1.96. The van der Waals surface area contributed by atoms with Crippen LogP contribution < -0.4 is 10.6 Å². The predicted molar refractivity (Wildman–Crippen MR) is 85.4 cm³/mol. The summed E-state index contributed by atoms with van der Waals surface area (Å²) in [4.78, 5) is 9.02. The fraction of sp³-hybridized carbons (Fsp3) is 0.733. The first-order chi connectivity index (χ1) is 11.4. The topological polar surface area (TPSA) is 98.0 Å². The van der Waals surface area contributed by atoms with Gasteiger partial charge in [-0.15, -0.1) is 0 Å². The third kappa shape index (κ3) is 3.36. The molecule has 0 amide bonds. The molecule has 4 rings (SSSR count). The Bertz CT molecular complexity index is 648. The summed E-state index contributed by atoms with van der Waals surface area (Å²) < 4.78 is 10.5. The van der Waals surface area contributed by atoms with E-state index in [9.17, 15) is 0 Å². The molecule has 2 fully saturated rings. The van der Waals surface area contributed by atoms with Crippen molar-refractivity contribution < 1.29 is 9.37 Å². The van der Waals surface area contributed by atoms with Gasteiger partial charge in [-0.1, -0.05) is 12.8 Å². The van der Waals surface area contributed by atoms with Crippen LogP contribution in [0.15, 0.2) is 4.63 Å². The van der Waals surface area contributed by atoms with E-state index in [0.717, 1.165) is 31.8 Å². The Kier molecular flexibility index (Phi) is 4.23. The first-order valence-corrected chi connectivity index (χ1v) is 8.51. The van der Waals surface area contributed by atoms with E-state index in [1.54, 1.807) is 0 Å². The fourth-order valence-electron chi connectivity index (χ4n) is 3.30. The van der Waals surface area contributed by atoms with Gasteiger partial charge >= 0.3 is 0 Å². The summed E-state index contributed by atoms with van der Waals surface area (Å²) >= 11 is 0. The third-order valence-corrected chi connectivity index (χ3v) is 4.58. The van der Waals surface area contributed by atoms with Crippen molar-refractivity contribution in [1.29, 1.82) is 0 Å². The highest BCUT2D eigenvalue weighted by atomic mass is 16.6. The van der Waals surface area contributed by atoms with Crippen molar-refractivity contribution in [2.45, 2.75) is 57.1 Å². The molecule has 2 aromatic heterocycles. The van der Waals surface area contributed by atoms with E-state index in [4.69, 9.17) is 9.37 Å². The van der Waals surface area contributed by atoms with Crippen LogP contribution in [0.1, 0.15) is 44.9 Å². The van der Waals surface area contributed by atoms with Crippen LogP contribution in [0.3, 0.4) is 0 Å². The van der Waals surface area contributed by atoms with E-state index in [0.29, 0.717) is 23.2 Å². The van der Waals surface area contributed by atoms with Crippen LogP contribution in [0.4, 0.5) is 11.6 Å². The molecule has 2 N–H and O–H groups in total. The van der Waals surface area contributed by atoms with E-state index in [-0.39, 0.29) is 6.10 Å². The average molecular weight is 318 g/mol. The summed E-state index contributed by atoms with van der Waals surface area (Å²) in [5.74, 6) is 1.44. The molecule has 0 spiro atoms. The van der Waals surface area contributed by atoms with Gasteiger partial charge in [0, 0.05) is 19.2 Å². The van der Waals surface area contributed by atoms with Crippen molar-refractivity contribution in [3.63, 3.8) is 0 Å². The Morgan fingerprint density at radius 1 is 0.913 bits per heavy atom. The lowest BCUT2D eigenvalue weighted by molar-refractivity contribution is 0.0247. The lowest BCUT2D eigenvalue weighted by Crippen LogP contribution is -2.28. The van der Waals surface area contributed by atoms with E-state index in [1.807, 2.05) is 0 Å². The molecule has 0 aromatic carbocycles. The van der Waals surface area contributed by atoms with Gasteiger partial charge in [0.05, 0.1) is 6.10 Å². The zero-order valence-corrected chi connectivity index (χ0v) is 13.1. The maximum Gasteiger partial charge on any atom is 0.245 e. The number of aromatic nitrogens is 4. The summed E-state index contributed by atoms with van der Waals surface area (Å²) in [7, 11) is 0. The van der Waals surface area contributed by atoms with Crippen LogP contribution in [-0.4, -0.2) is 45.6 Å². The Morgan fingerprint density at radius 2 is 1.65 bits per heavy atom. The summed E-state index contributed by atoms with van der Waals surface area (Å²) in [5, 5.41) is 14.4. The normalized spacial score (nSPS) is 22.5. The first kappa shape index (κ1) is 14.6. The molecular weight excluding hydrogens is 296 g/mol. The summed E-state index contributed by atoms with van der Waals surface area (Å²) in [6.45, 7) is 1.57. The van der Waals surface area contributed by atoms with Gasteiger partial charge in [0.1, 0.15) is 0 Å². The second kappa shape index (κ2) is 6.66. The van der Waals surface area contributed by atoms with Crippen molar-refractivity contribution in [1.82, 2.24) is 20.3 Å². The maximum absolute atomic E-state index is 5.77. The van der Waals surface area contributed by atoms with Gasteiger partial charge < -0.3 is 15.4 Å². The molecule has 0 radical (unpaired) electrons. The molecule has 124 valence electrons. The van der Waals surface area contributed by atoms with E-state index >= 15 is 0 Å².